The van der Waals surface area contributed by atoms with E-state index in [9.17, 15) is 0 Å². The third-order valence-corrected chi connectivity index (χ3v) is 9.05. The molecule has 3 nitrogen and oxygen atoms in total. The molecule has 2 spiro atoms. The minimum Gasteiger partial charge on any atom is -0.317 e. The maximum Gasteiger partial charge on any atom is 0.0106 e. The molecule has 3 heteroatoms. The highest BCUT2D eigenvalue weighted by Gasteiger charge is 2.51. The maximum atomic E-state index is 3.54. The lowest BCUT2D eigenvalue weighted by Crippen LogP contribution is -2.60. The van der Waals surface area contributed by atoms with Gasteiger partial charge in [-0.05, 0) is 120 Å². The molecule has 3 saturated heterocycles. The first kappa shape index (κ1) is 17.0. The molecule has 2 saturated carbocycles. The fraction of sp³-hybridized carbons (Fsp3) is 1.00. The zero-order valence-corrected chi connectivity index (χ0v) is 16.4. The van der Waals surface area contributed by atoms with Crippen LogP contribution < -0.4 is 5.32 Å². The SMILES string of the molecule is CC1CCN(C2CC3(CCN(C4CC5(CCNCC5)C4)CC3)C2)CC1. The van der Waals surface area contributed by atoms with Crippen LogP contribution in [-0.2, 0) is 0 Å². The van der Waals surface area contributed by atoms with Crippen molar-refractivity contribution in [2.75, 3.05) is 39.3 Å². The molecule has 0 aromatic rings. The van der Waals surface area contributed by atoms with Crippen LogP contribution in [0.15, 0.2) is 0 Å². The summed E-state index contributed by atoms with van der Waals surface area (Å²) in [5.74, 6) is 0.972. The Morgan fingerprint density at radius 3 is 1.72 bits per heavy atom. The first-order valence-electron chi connectivity index (χ1n) is 11.3. The Kier molecular flexibility index (Phi) is 4.42. The molecule has 5 fully saturated rings. The summed E-state index contributed by atoms with van der Waals surface area (Å²) in [6, 6.07) is 1.88. The van der Waals surface area contributed by atoms with Crippen LogP contribution in [0.5, 0.6) is 0 Å². The normalized spacial score (nSPS) is 37.1. The molecule has 3 heterocycles. The Balaban J connectivity index is 1.06. The second-order valence-electron chi connectivity index (χ2n) is 10.6. The maximum absolute atomic E-state index is 3.54. The van der Waals surface area contributed by atoms with E-state index in [1.54, 1.807) is 0 Å². The molecule has 0 aromatic heterocycles. The van der Waals surface area contributed by atoms with E-state index in [1.165, 1.54) is 103 Å². The summed E-state index contributed by atoms with van der Waals surface area (Å²) in [4.78, 5) is 5.72. The molecule has 5 aliphatic rings. The van der Waals surface area contributed by atoms with Crippen molar-refractivity contribution in [1.29, 1.82) is 0 Å². The van der Waals surface area contributed by atoms with Crippen molar-refractivity contribution in [3.05, 3.63) is 0 Å². The van der Waals surface area contributed by atoms with Gasteiger partial charge in [-0.15, -0.1) is 0 Å². The summed E-state index contributed by atoms with van der Waals surface area (Å²) in [5, 5.41) is 3.54. The highest BCUT2D eigenvalue weighted by Crippen LogP contribution is 2.54. The molecule has 0 atom stereocenters. The molecule has 5 rings (SSSR count). The van der Waals surface area contributed by atoms with E-state index < -0.39 is 0 Å². The number of hydrogen-bond acceptors (Lipinski definition) is 3. The number of nitrogens with one attached hydrogen (secondary N) is 1. The highest BCUT2D eigenvalue weighted by molar-refractivity contribution is 5.05. The van der Waals surface area contributed by atoms with E-state index >= 15 is 0 Å². The largest absolute Gasteiger partial charge is 0.317 e. The van der Waals surface area contributed by atoms with Gasteiger partial charge in [0.1, 0.15) is 0 Å². The Hall–Kier alpha value is -0.120. The molecular weight excluding hydrogens is 306 g/mol. The number of piperidine rings is 3. The van der Waals surface area contributed by atoms with Crippen LogP contribution in [-0.4, -0.2) is 61.2 Å². The van der Waals surface area contributed by atoms with Crippen molar-refractivity contribution < 1.29 is 0 Å². The highest BCUT2D eigenvalue weighted by atomic mass is 15.2. The predicted octanol–water partition coefficient (Wildman–Crippen LogP) is 3.50. The van der Waals surface area contributed by atoms with Crippen LogP contribution in [0.1, 0.15) is 71.1 Å². The van der Waals surface area contributed by atoms with Crippen LogP contribution >= 0.6 is 0 Å². The van der Waals surface area contributed by atoms with Gasteiger partial charge in [0.2, 0.25) is 0 Å². The molecule has 0 amide bonds. The minimum atomic E-state index is 0.748. The second kappa shape index (κ2) is 6.49. The molecule has 25 heavy (non-hydrogen) atoms. The van der Waals surface area contributed by atoms with Crippen molar-refractivity contribution >= 4 is 0 Å². The van der Waals surface area contributed by atoms with Gasteiger partial charge in [-0.2, -0.15) is 0 Å². The van der Waals surface area contributed by atoms with Gasteiger partial charge in [-0.25, -0.2) is 0 Å². The second-order valence-corrected chi connectivity index (χ2v) is 10.6. The molecule has 0 radical (unpaired) electrons. The molecule has 2 aliphatic carbocycles. The van der Waals surface area contributed by atoms with Crippen LogP contribution in [0.4, 0.5) is 0 Å². The van der Waals surface area contributed by atoms with Gasteiger partial charge in [-0.3, -0.25) is 0 Å². The van der Waals surface area contributed by atoms with Crippen molar-refractivity contribution in [2.24, 2.45) is 16.7 Å². The van der Waals surface area contributed by atoms with E-state index in [0.717, 1.165) is 28.8 Å². The van der Waals surface area contributed by atoms with Crippen molar-refractivity contribution in [3.63, 3.8) is 0 Å². The summed E-state index contributed by atoms with van der Waals surface area (Å²) >= 11 is 0. The van der Waals surface area contributed by atoms with Crippen molar-refractivity contribution in [2.45, 2.75) is 83.2 Å². The Bertz CT molecular complexity index is 452. The molecule has 0 bridgehead atoms. The van der Waals surface area contributed by atoms with E-state index in [4.69, 9.17) is 0 Å². The van der Waals surface area contributed by atoms with Gasteiger partial charge < -0.3 is 15.1 Å². The zero-order valence-electron chi connectivity index (χ0n) is 16.4. The van der Waals surface area contributed by atoms with E-state index in [1.807, 2.05) is 0 Å². The van der Waals surface area contributed by atoms with E-state index in [-0.39, 0.29) is 0 Å². The van der Waals surface area contributed by atoms with Gasteiger partial charge in [0.25, 0.3) is 0 Å². The lowest BCUT2D eigenvalue weighted by Gasteiger charge is -2.59. The number of likely N-dealkylation sites (tertiary alicyclic amines) is 2. The molecule has 0 unspecified atom stereocenters. The van der Waals surface area contributed by atoms with Crippen LogP contribution in [0.3, 0.4) is 0 Å². The van der Waals surface area contributed by atoms with Gasteiger partial charge in [0.05, 0.1) is 0 Å². The van der Waals surface area contributed by atoms with Crippen LogP contribution in [0.25, 0.3) is 0 Å². The molecule has 142 valence electrons. The van der Waals surface area contributed by atoms with Gasteiger partial charge >= 0.3 is 0 Å². The quantitative estimate of drug-likeness (QED) is 0.826. The summed E-state index contributed by atoms with van der Waals surface area (Å²) in [6.45, 7) is 10.5. The Labute approximate surface area is 154 Å². The van der Waals surface area contributed by atoms with Crippen molar-refractivity contribution in [1.82, 2.24) is 15.1 Å². The van der Waals surface area contributed by atoms with Crippen LogP contribution in [0, 0.1) is 16.7 Å². The molecule has 1 N–H and O–H groups in total. The Morgan fingerprint density at radius 1 is 0.680 bits per heavy atom. The summed E-state index contributed by atoms with van der Waals surface area (Å²) in [6.07, 6.45) is 14.8. The Morgan fingerprint density at radius 2 is 1.16 bits per heavy atom. The van der Waals surface area contributed by atoms with Crippen molar-refractivity contribution in [3.8, 4) is 0 Å². The lowest BCUT2D eigenvalue weighted by molar-refractivity contribution is -0.0849. The predicted molar refractivity (Wildman–Crippen MR) is 104 cm³/mol. The lowest BCUT2D eigenvalue weighted by atomic mass is 9.57. The number of rotatable bonds is 2. The first-order valence-corrected chi connectivity index (χ1v) is 11.3. The fourth-order valence-electron chi connectivity index (χ4n) is 6.93. The molecule has 0 aromatic carbocycles. The van der Waals surface area contributed by atoms with Crippen LogP contribution in [0.2, 0.25) is 0 Å². The summed E-state index contributed by atoms with van der Waals surface area (Å²) in [5.41, 5.74) is 1.50. The molecule has 3 aliphatic heterocycles. The summed E-state index contributed by atoms with van der Waals surface area (Å²) < 4.78 is 0. The smallest absolute Gasteiger partial charge is 0.0106 e. The molecular formula is C22H39N3. The average molecular weight is 346 g/mol. The first-order chi connectivity index (χ1) is 12.2. The summed E-state index contributed by atoms with van der Waals surface area (Å²) in [7, 11) is 0. The van der Waals surface area contributed by atoms with Gasteiger partial charge in [-0.1, -0.05) is 6.92 Å². The number of hydrogen-bond donors (Lipinski definition) is 1. The van der Waals surface area contributed by atoms with Gasteiger partial charge in [0, 0.05) is 12.1 Å². The van der Waals surface area contributed by atoms with E-state index in [0.29, 0.717) is 0 Å². The third-order valence-electron chi connectivity index (χ3n) is 9.05. The fourth-order valence-corrected chi connectivity index (χ4v) is 6.93. The standard InChI is InChI=1S/C22H39N3/c1-18-2-10-24(11-3-18)19-16-22(17-19)6-12-25(13-7-22)20-14-21(15-20)4-8-23-9-5-21/h18-20,23H,2-17H2,1H3. The van der Waals surface area contributed by atoms with E-state index in [2.05, 4.69) is 22.0 Å². The number of nitrogens with zero attached hydrogens (tertiary/aromatic N) is 2. The topological polar surface area (TPSA) is 18.5 Å². The van der Waals surface area contributed by atoms with Gasteiger partial charge in [0.15, 0.2) is 0 Å². The third kappa shape index (κ3) is 3.19. The zero-order chi connectivity index (χ0) is 16.9. The minimum absolute atomic E-state index is 0.748. The average Bonchev–Trinajstić information content (AvgIpc) is 2.59. The monoisotopic (exact) mass is 345 g/mol.